The number of para-hydroxylation sites is 1. The van der Waals surface area contributed by atoms with Crippen LogP contribution in [0.2, 0.25) is 0 Å². The number of aromatic nitrogens is 2. The summed E-state index contributed by atoms with van der Waals surface area (Å²) in [5.74, 6) is -0.864. The van der Waals surface area contributed by atoms with Gasteiger partial charge in [0.05, 0.1) is 22.7 Å². The molecule has 0 saturated carbocycles. The zero-order chi connectivity index (χ0) is 24.6. The first-order valence-corrected chi connectivity index (χ1v) is 11.9. The molecule has 35 heavy (non-hydrogen) atoms. The minimum absolute atomic E-state index is 0.0378. The van der Waals surface area contributed by atoms with Crippen molar-refractivity contribution in [2.75, 3.05) is 18.5 Å². The quantitative estimate of drug-likeness (QED) is 0.344. The maximum absolute atomic E-state index is 12.5. The summed E-state index contributed by atoms with van der Waals surface area (Å²) in [5.41, 5.74) is 3.52. The second-order valence-corrected chi connectivity index (χ2v) is 8.67. The van der Waals surface area contributed by atoms with Crippen molar-refractivity contribution in [3.63, 3.8) is 0 Å². The monoisotopic (exact) mass is 488 g/mol. The van der Waals surface area contributed by atoms with Crippen LogP contribution in [-0.4, -0.2) is 40.7 Å². The van der Waals surface area contributed by atoms with Gasteiger partial charge in [-0.2, -0.15) is 5.10 Å². The lowest BCUT2D eigenvalue weighted by molar-refractivity contribution is -0.147. The van der Waals surface area contributed by atoms with Gasteiger partial charge >= 0.3 is 5.97 Å². The highest BCUT2D eigenvalue weighted by molar-refractivity contribution is 7.12. The van der Waals surface area contributed by atoms with E-state index in [-0.39, 0.29) is 18.9 Å². The summed E-state index contributed by atoms with van der Waals surface area (Å²) in [5, 5.41) is 11.9. The summed E-state index contributed by atoms with van der Waals surface area (Å²) in [4.78, 5) is 37.0. The molecule has 2 amide bonds. The smallest absolute Gasteiger partial charge is 0.308 e. The van der Waals surface area contributed by atoms with Crippen molar-refractivity contribution < 1.29 is 19.1 Å². The number of aryl methyl sites for hydroxylation is 1. The highest BCUT2D eigenvalue weighted by atomic mass is 32.1. The summed E-state index contributed by atoms with van der Waals surface area (Å²) in [6.45, 7) is 1.69. The first-order chi connectivity index (χ1) is 17.0. The summed E-state index contributed by atoms with van der Waals surface area (Å²) < 4.78 is 6.70. The van der Waals surface area contributed by atoms with E-state index in [9.17, 15) is 14.4 Å². The van der Waals surface area contributed by atoms with Gasteiger partial charge in [0.25, 0.3) is 11.8 Å². The van der Waals surface area contributed by atoms with Gasteiger partial charge in [-0.05, 0) is 30.5 Å². The largest absolute Gasteiger partial charge is 0.456 e. The molecule has 178 valence electrons. The minimum Gasteiger partial charge on any atom is -0.456 e. The summed E-state index contributed by atoms with van der Waals surface area (Å²) in [6.07, 6.45) is -0.0378. The van der Waals surface area contributed by atoms with Crippen molar-refractivity contribution >= 4 is 34.9 Å². The molecule has 0 aliphatic rings. The van der Waals surface area contributed by atoms with Gasteiger partial charge in [-0.25, -0.2) is 4.68 Å². The molecule has 2 heterocycles. The molecule has 0 aliphatic carbocycles. The highest BCUT2D eigenvalue weighted by Gasteiger charge is 2.15. The SMILES string of the molecule is Cc1ccc(-c2cc(NC(=O)COC(=O)CCNC(=O)c3cccs3)n(-c3ccccc3)n2)cc1. The Kier molecular flexibility index (Phi) is 7.69. The molecule has 0 saturated heterocycles. The van der Waals surface area contributed by atoms with Crippen molar-refractivity contribution in [1.29, 1.82) is 0 Å². The van der Waals surface area contributed by atoms with Crippen molar-refractivity contribution in [3.8, 4) is 16.9 Å². The van der Waals surface area contributed by atoms with Crippen LogP contribution in [0.15, 0.2) is 78.2 Å². The van der Waals surface area contributed by atoms with E-state index in [1.165, 1.54) is 11.3 Å². The zero-order valence-corrected chi connectivity index (χ0v) is 19.9. The zero-order valence-electron chi connectivity index (χ0n) is 19.1. The van der Waals surface area contributed by atoms with Crippen molar-refractivity contribution in [1.82, 2.24) is 15.1 Å². The standard InChI is InChI=1S/C26H24N4O4S/c1-18-9-11-19(12-10-18)21-16-23(30(29-21)20-6-3-2-4-7-20)28-24(31)17-34-25(32)13-14-27-26(33)22-8-5-15-35-22/h2-12,15-16H,13-14,17H2,1H3,(H,27,33)(H,28,31). The summed E-state index contributed by atoms with van der Waals surface area (Å²) in [6, 6.07) is 22.6. The number of ether oxygens (including phenoxy) is 1. The fourth-order valence-electron chi connectivity index (χ4n) is 3.27. The Hall–Kier alpha value is -4.24. The molecule has 4 aromatic rings. The molecule has 2 aromatic carbocycles. The molecular weight excluding hydrogens is 464 g/mol. The number of hydrogen-bond donors (Lipinski definition) is 2. The van der Waals surface area contributed by atoms with E-state index >= 15 is 0 Å². The van der Waals surface area contributed by atoms with Gasteiger partial charge in [-0.15, -0.1) is 11.3 Å². The molecule has 2 N–H and O–H groups in total. The van der Waals surface area contributed by atoms with Crippen LogP contribution in [0.3, 0.4) is 0 Å². The predicted molar refractivity (Wildman–Crippen MR) is 135 cm³/mol. The molecule has 0 atom stereocenters. The maximum atomic E-state index is 12.5. The van der Waals surface area contributed by atoms with Gasteiger partial charge in [-0.3, -0.25) is 14.4 Å². The second-order valence-electron chi connectivity index (χ2n) is 7.72. The van der Waals surface area contributed by atoms with E-state index in [0.717, 1.165) is 16.8 Å². The Morgan fingerprint density at radius 1 is 1.00 bits per heavy atom. The van der Waals surface area contributed by atoms with Crippen LogP contribution in [-0.2, 0) is 14.3 Å². The molecule has 9 heteroatoms. The van der Waals surface area contributed by atoms with Crippen LogP contribution in [0.25, 0.3) is 16.9 Å². The van der Waals surface area contributed by atoms with E-state index in [1.54, 1.807) is 28.3 Å². The van der Waals surface area contributed by atoms with E-state index in [0.29, 0.717) is 16.4 Å². The third kappa shape index (κ3) is 6.42. The topological polar surface area (TPSA) is 102 Å². The second kappa shape index (κ2) is 11.3. The molecule has 0 spiro atoms. The number of esters is 1. The Morgan fingerprint density at radius 3 is 2.49 bits per heavy atom. The number of anilines is 1. The van der Waals surface area contributed by atoms with E-state index in [1.807, 2.05) is 61.5 Å². The number of thiophene rings is 1. The third-order valence-corrected chi connectivity index (χ3v) is 5.92. The average Bonchev–Trinajstić information content (AvgIpc) is 3.55. The number of amides is 2. The number of benzene rings is 2. The number of carbonyl (C=O) groups is 3. The van der Waals surface area contributed by atoms with Gasteiger partial charge in [0, 0.05) is 18.2 Å². The van der Waals surface area contributed by atoms with Crippen LogP contribution in [0.4, 0.5) is 5.82 Å². The van der Waals surface area contributed by atoms with Crippen LogP contribution < -0.4 is 10.6 Å². The molecule has 0 unspecified atom stereocenters. The van der Waals surface area contributed by atoms with Crippen LogP contribution >= 0.6 is 11.3 Å². The lowest BCUT2D eigenvalue weighted by atomic mass is 10.1. The van der Waals surface area contributed by atoms with Crippen LogP contribution in [0, 0.1) is 6.92 Å². The molecular formula is C26H24N4O4S. The molecule has 8 nitrogen and oxygen atoms in total. The summed E-state index contributed by atoms with van der Waals surface area (Å²) in [7, 11) is 0. The van der Waals surface area contributed by atoms with Crippen molar-refractivity contribution in [2.24, 2.45) is 0 Å². The predicted octanol–water partition coefficient (Wildman–Crippen LogP) is 4.21. The van der Waals surface area contributed by atoms with Gasteiger partial charge in [0.1, 0.15) is 5.82 Å². The third-order valence-electron chi connectivity index (χ3n) is 5.05. The molecule has 4 rings (SSSR count). The lowest BCUT2D eigenvalue weighted by Crippen LogP contribution is -2.27. The Bertz CT molecular complexity index is 1300. The highest BCUT2D eigenvalue weighted by Crippen LogP contribution is 2.25. The number of nitrogens with zero attached hydrogens (tertiary/aromatic N) is 2. The van der Waals surface area contributed by atoms with Crippen molar-refractivity contribution in [2.45, 2.75) is 13.3 Å². The number of nitrogens with one attached hydrogen (secondary N) is 2. The normalized spacial score (nSPS) is 10.5. The van der Waals surface area contributed by atoms with Gasteiger partial charge < -0.3 is 15.4 Å². The van der Waals surface area contributed by atoms with Crippen molar-refractivity contribution in [3.05, 3.63) is 88.6 Å². The number of hydrogen-bond acceptors (Lipinski definition) is 6. The fraction of sp³-hybridized carbons (Fsp3) is 0.154. The number of rotatable bonds is 9. The van der Waals surface area contributed by atoms with Gasteiger partial charge in [0.2, 0.25) is 0 Å². The molecule has 2 aromatic heterocycles. The Labute approximate surface area is 206 Å². The lowest BCUT2D eigenvalue weighted by Gasteiger charge is -2.09. The van der Waals surface area contributed by atoms with E-state index in [4.69, 9.17) is 4.74 Å². The molecule has 0 radical (unpaired) electrons. The molecule has 0 bridgehead atoms. The first-order valence-electron chi connectivity index (χ1n) is 11.0. The van der Waals surface area contributed by atoms with Gasteiger partial charge in [0.15, 0.2) is 6.61 Å². The molecule has 0 fully saturated rings. The molecule has 0 aliphatic heterocycles. The Morgan fingerprint density at radius 2 is 1.77 bits per heavy atom. The fourth-order valence-corrected chi connectivity index (χ4v) is 3.91. The van der Waals surface area contributed by atoms with Crippen LogP contribution in [0.1, 0.15) is 21.7 Å². The average molecular weight is 489 g/mol. The van der Waals surface area contributed by atoms with E-state index in [2.05, 4.69) is 15.7 Å². The van der Waals surface area contributed by atoms with E-state index < -0.39 is 18.5 Å². The number of carbonyl (C=O) groups excluding carboxylic acids is 3. The minimum atomic E-state index is -0.580. The Balaban J connectivity index is 1.36. The first kappa shape index (κ1) is 23.9. The summed E-state index contributed by atoms with van der Waals surface area (Å²) >= 11 is 1.32. The maximum Gasteiger partial charge on any atom is 0.308 e. The van der Waals surface area contributed by atoms with Crippen LogP contribution in [0.5, 0.6) is 0 Å². The van der Waals surface area contributed by atoms with Gasteiger partial charge in [-0.1, -0.05) is 54.1 Å².